The second kappa shape index (κ2) is 6.97. The third-order valence-corrected chi connectivity index (χ3v) is 3.14. The van der Waals surface area contributed by atoms with Crippen molar-refractivity contribution in [2.24, 2.45) is 0 Å². The van der Waals surface area contributed by atoms with Crippen molar-refractivity contribution >= 4 is 15.9 Å². The fraction of sp³-hybridized carbons (Fsp3) is 0.125. The molecule has 0 aliphatic carbocycles. The molecule has 4 heteroatoms. The quantitative estimate of drug-likeness (QED) is 0.789. The molecule has 0 aliphatic heterocycles. The Hall–Kier alpha value is -1.99. The number of rotatable bonds is 3. The largest absolute Gasteiger partial charge is 0.497 e. The molecule has 20 heavy (non-hydrogen) atoms. The van der Waals surface area contributed by atoms with E-state index in [1.807, 2.05) is 24.3 Å². The Morgan fingerprint density at radius 1 is 1.15 bits per heavy atom. The minimum atomic E-state index is -0.312. The van der Waals surface area contributed by atoms with Crippen molar-refractivity contribution in [2.45, 2.75) is 0 Å². The van der Waals surface area contributed by atoms with Gasteiger partial charge in [-0.25, -0.2) is 4.39 Å². The second-order valence-corrected chi connectivity index (χ2v) is 4.75. The summed E-state index contributed by atoms with van der Waals surface area (Å²) in [6.45, 7) is 0.232. The van der Waals surface area contributed by atoms with Crippen LogP contribution in [0.2, 0.25) is 0 Å². The maximum atomic E-state index is 12.9. The minimum absolute atomic E-state index is 0.232. The first-order valence-corrected chi connectivity index (χ1v) is 6.69. The van der Waals surface area contributed by atoms with Crippen LogP contribution < -0.4 is 9.47 Å². The molecule has 0 saturated carbocycles. The Kier molecular flexibility index (Phi) is 5.03. The van der Waals surface area contributed by atoms with Crippen molar-refractivity contribution in [3.05, 3.63) is 58.3 Å². The van der Waals surface area contributed by atoms with Gasteiger partial charge in [0.1, 0.15) is 23.9 Å². The van der Waals surface area contributed by atoms with Gasteiger partial charge in [0.25, 0.3) is 0 Å². The molecular formula is C16H12BrFO2. The molecular weight excluding hydrogens is 323 g/mol. The summed E-state index contributed by atoms with van der Waals surface area (Å²) in [7, 11) is 1.62. The van der Waals surface area contributed by atoms with Crippen LogP contribution in [0.25, 0.3) is 0 Å². The summed E-state index contributed by atoms with van der Waals surface area (Å²) < 4.78 is 24.0. The van der Waals surface area contributed by atoms with E-state index in [2.05, 4.69) is 27.8 Å². The predicted molar refractivity (Wildman–Crippen MR) is 79.5 cm³/mol. The zero-order valence-electron chi connectivity index (χ0n) is 10.8. The van der Waals surface area contributed by atoms with Crippen LogP contribution in [0, 0.1) is 17.7 Å². The lowest BCUT2D eigenvalue weighted by Crippen LogP contribution is -1.95. The lowest BCUT2D eigenvalue weighted by atomic mass is 10.2. The topological polar surface area (TPSA) is 18.5 Å². The van der Waals surface area contributed by atoms with Crippen LogP contribution in [0.4, 0.5) is 4.39 Å². The summed E-state index contributed by atoms with van der Waals surface area (Å²) in [6, 6.07) is 11.7. The molecule has 0 saturated heterocycles. The first kappa shape index (κ1) is 14.4. The molecule has 0 fully saturated rings. The smallest absolute Gasteiger partial charge is 0.149 e. The normalized spacial score (nSPS) is 9.55. The standard InChI is InChI=1S/C16H12BrFO2/c1-19-14-7-4-12(5-8-14)3-2-10-20-16-9-6-13(18)11-15(16)17/h4-9,11H,10H2,1H3. The van der Waals surface area contributed by atoms with E-state index in [0.717, 1.165) is 11.3 Å². The van der Waals surface area contributed by atoms with Crippen molar-refractivity contribution in [3.8, 4) is 23.3 Å². The van der Waals surface area contributed by atoms with Crippen molar-refractivity contribution in [1.29, 1.82) is 0 Å². The van der Waals surface area contributed by atoms with Gasteiger partial charge in [-0.3, -0.25) is 0 Å². The first-order chi connectivity index (χ1) is 9.69. The van der Waals surface area contributed by atoms with E-state index in [1.165, 1.54) is 12.1 Å². The van der Waals surface area contributed by atoms with Gasteiger partial charge in [-0.2, -0.15) is 0 Å². The SMILES string of the molecule is COc1ccc(C#CCOc2ccc(F)cc2Br)cc1. The molecule has 0 radical (unpaired) electrons. The summed E-state index contributed by atoms with van der Waals surface area (Å²) in [5, 5.41) is 0. The number of hydrogen-bond donors (Lipinski definition) is 0. The van der Waals surface area contributed by atoms with Gasteiger partial charge in [0, 0.05) is 5.56 Å². The predicted octanol–water partition coefficient (Wildman–Crippen LogP) is 4.03. The van der Waals surface area contributed by atoms with E-state index in [9.17, 15) is 4.39 Å². The molecule has 0 N–H and O–H groups in total. The number of benzene rings is 2. The maximum Gasteiger partial charge on any atom is 0.149 e. The van der Waals surface area contributed by atoms with Crippen LogP contribution in [-0.4, -0.2) is 13.7 Å². The third kappa shape index (κ3) is 4.01. The van der Waals surface area contributed by atoms with Gasteiger partial charge in [0.2, 0.25) is 0 Å². The van der Waals surface area contributed by atoms with Gasteiger partial charge in [-0.05, 0) is 58.4 Å². The molecule has 0 heterocycles. The summed E-state index contributed by atoms with van der Waals surface area (Å²) >= 11 is 3.23. The molecule has 2 rings (SSSR count). The molecule has 102 valence electrons. The number of hydrogen-bond acceptors (Lipinski definition) is 2. The van der Waals surface area contributed by atoms with Crippen LogP contribution in [-0.2, 0) is 0 Å². The monoisotopic (exact) mass is 334 g/mol. The van der Waals surface area contributed by atoms with Crippen LogP contribution >= 0.6 is 15.9 Å². The van der Waals surface area contributed by atoms with Crippen molar-refractivity contribution in [2.75, 3.05) is 13.7 Å². The molecule has 0 unspecified atom stereocenters. The van der Waals surface area contributed by atoms with Crippen LogP contribution in [0.1, 0.15) is 5.56 Å². The van der Waals surface area contributed by atoms with Crippen molar-refractivity contribution in [1.82, 2.24) is 0 Å². The summed E-state index contributed by atoms with van der Waals surface area (Å²) in [6.07, 6.45) is 0. The van der Waals surface area contributed by atoms with E-state index < -0.39 is 0 Å². The van der Waals surface area contributed by atoms with Crippen LogP contribution in [0.3, 0.4) is 0 Å². The molecule has 0 spiro atoms. The molecule has 2 nitrogen and oxygen atoms in total. The zero-order chi connectivity index (χ0) is 14.4. The minimum Gasteiger partial charge on any atom is -0.497 e. The average Bonchev–Trinajstić information content (AvgIpc) is 2.46. The number of ether oxygens (including phenoxy) is 2. The summed E-state index contributed by atoms with van der Waals surface area (Å²) in [5.41, 5.74) is 0.882. The van der Waals surface area contributed by atoms with Crippen LogP contribution in [0.15, 0.2) is 46.9 Å². The molecule has 2 aromatic rings. The highest BCUT2D eigenvalue weighted by Gasteiger charge is 2.01. The van der Waals surface area contributed by atoms with E-state index in [4.69, 9.17) is 9.47 Å². The fourth-order valence-corrected chi connectivity index (χ4v) is 1.98. The Balaban J connectivity index is 1.94. The molecule has 0 aliphatic rings. The lowest BCUT2D eigenvalue weighted by molar-refractivity contribution is 0.367. The van der Waals surface area contributed by atoms with Crippen molar-refractivity contribution < 1.29 is 13.9 Å². The highest BCUT2D eigenvalue weighted by molar-refractivity contribution is 9.10. The highest BCUT2D eigenvalue weighted by atomic mass is 79.9. The second-order valence-electron chi connectivity index (χ2n) is 3.89. The Morgan fingerprint density at radius 2 is 1.90 bits per heavy atom. The Labute approximate surface area is 125 Å². The average molecular weight is 335 g/mol. The lowest BCUT2D eigenvalue weighted by Gasteiger charge is -2.04. The summed E-state index contributed by atoms with van der Waals surface area (Å²) in [4.78, 5) is 0. The van der Waals surface area contributed by atoms with Gasteiger partial charge >= 0.3 is 0 Å². The van der Waals surface area contributed by atoms with Gasteiger partial charge in [-0.1, -0.05) is 11.8 Å². The molecule has 0 amide bonds. The Morgan fingerprint density at radius 3 is 2.55 bits per heavy atom. The molecule has 0 atom stereocenters. The molecule has 2 aromatic carbocycles. The molecule has 0 bridgehead atoms. The first-order valence-electron chi connectivity index (χ1n) is 5.90. The van der Waals surface area contributed by atoms with Gasteiger partial charge in [0.05, 0.1) is 11.6 Å². The highest BCUT2D eigenvalue weighted by Crippen LogP contribution is 2.25. The van der Waals surface area contributed by atoms with Gasteiger partial charge in [0.15, 0.2) is 0 Å². The van der Waals surface area contributed by atoms with Gasteiger partial charge in [-0.15, -0.1) is 0 Å². The maximum absolute atomic E-state index is 12.9. The van der Waals surface area contributed by atoms with Crippen LogP contribution in [0.5, 0.6) is 11.5 Å². The van der Waals surface area contributed by atoms with E-state index in [0.29, 0.717) is 10.2 Å². The fourth-order valence-electron chi connectivity index (χ4n) is 1.52. The van der Waals surface area contributed by atoms with E-state index >= 15 is 0 Å². The summed E-state index contributed by atoms with van der Waals surface area (Å²) in [5.74, 6) is 6.93. The zero-order valence-corrected chi connectivity index (χ0v) is 12.4. The van der Waals surface area contributed by atoms with E-state index in [-0.39, 0.29) is 12.4 Å². The Bertz CT molecular complexity index is 642. The van der Waals surface area contributed by atoms with E-state index in [1.54, 1.807) is 13.2 Å². The number of halogens is 2. The number of methoxy groups -OCH3 is 1. The van der Waals surface area contributed by atoms with Crippen molar-refractivity contribution in [3.63, 3.8) is 0 Å². The van der Waals surface area contributed by atoms with Gasteiger partial charge < -0.3 is 9.47 Å². The molecule has 0 aromatic heterocycles. The third-order valence-electron chi connectivity index (χ3n) is 2.52.